The van der Waals surface area contributed by atoms with Gasteiger partial charge in [0.2, 0.25) is 5.79 Å². The first-order valence-corrected chi connectivity index (χ1v) is 18.7. The predicted molar refractivity (Wildman–Crippen MR) is 200 cm³/mol. The van der Waals surface area contributed by atoms with Crippen LogP contribution < -0.4 is 14.2 Å². The molecule has 1 heterocycles. The highest BCUT2D eigenvalue weighted by Crippen LogP contribution is 2.62. The second kappa shape index (κ2) is 18.6. The fraction of sp³-hybridized carbons (Fsp3) is 0.537. The number of nitrogens with zero attached hydrogens (tertiary/aromatic N) is 2. The van der Waals surface area contributed by atoms with Crippen LogP contribution in [0.15, 0.2) is 65.9 Å². The van der Waals surface area contributed by atoms with Gasteiger partial charge in [-0.1, -0.05) is 30.1 Å². The molecule has 1 fully saturated rings. The van der Waals surface area contributed by atoms with E-state index < -0.39 is 23.8 Å². The molecule has 12 heteroatoms. The minimum absolute atomic E-state index is 0.0567. The predicted octanol–water partition coefficient (Wildman–Crippen LogP) is 7.04. The molecule has 2 aromatic rings. The highest BCUT2D eigenvalue weighted by molar-refractivity contribution is 6.03. The third-order valence-corrected chi connectivity index (χ3v) is 10.5. The summed E-state index contributed by atoms with van der Waals surface area (Å²) < 4.78 is 31.2. The van der Waals surface area contributed by atoms with Crippen LogP contribution in [0.1, 0.15) is 80.6 Å². The summed E-state index contributed by atoms with van der Waals surface area (Å²) in [6, 6.07) is 10.1. The van der Waals surface area contributed by atoms with Crippen LogP contribution in [0.4, 0.5) is 4.79 Å². The molecule has 0 bridgehead atoms. The van der Waals surface area contributed by atoms with Crippen molar-refractivity contribution in [2.24, 2.45) is 22.9 Å². The molecule has 0 spiro atoms. The average molecular weight is 735 g/mol. The van der Waals surface area contributed by atoms with Gasteiger partial charge in [0.1, 0.15) is 35.6 Å². The lowest BCUT2D eigenvalue weighted by molar-refractivity contribution is -0.253. The molecule has 12 nitrogen and oxygen atoms in total. The molecular formula is C41H54N2O10. The Bertz CT molecular complexity index is 1640. The zero-order valence-electron chi connectivity index (χ0n) is 31.3. The Balaban J connectivity index is 1.74. The monoisotopic (exact) mass is 734 g/mol. The number of hydrogen-bond acceptors (Lipinski definition) is 11. The van der Waals surface area contributed by atoms with Crippen molar-refractivity contribution in [3.8, 4) is 23.0 Å². The van der Waals surface area contributed by atoms with E-state index in [-0.39, 0.29) is 50.6 Å². The number of hydrogen-bond donors (Lipinski definition) is 2. The normalized spacial score (nSPS) is 24.9. The Hall–Kier alpha value is -4.39. The zero-order chi connectivity index (χ0) is 38.0. The van der Waals surface area contributed by atoms with Gasteiger partial charge >= 0.3 is 6.09 Å². The van der Waals surface area contributed by atoms with Gasteiger partial charge in [0.25, 0.3) is 0 Å². The molecule has 3 aliphatic rings. The van der Waals surface area contributed by atoms with Crippen LogP contribution in [0.3, 0.4) is 0 Å². The maximum absolute atomic E-state index is 13.5. The molecule has 288 valence electrons. The first-order valence-electron chi connectivity index (χ1n) is 18.7. The second-order valence-electron chi connectivity index (χ2n) is 13.6. The maximum Gasteiger partial charge on any atom is 0.409 e. The van der Waals surface area contributed by atoms with Crippen molar-refractivity contribution in [3.05, 3.63) is 71.8 Å². The number of ether oxygens (including phenoxy) is 5. The van der Waals surface area contributed by atoms with Gasteiger partial charge in [-0.15, -0.1) is 6.58 Å². The average Bonchev–Trinajstić information content (AvgIpc) is 3.17. The first-order chi connectivity index (χ1) is 25.8. The number of unbranched alkanes of at least 4 members (excludes halogenated alkanes) is 2. The lowest BCUT2D eigenvalue weighted by Crippen LogP contribution is -2.69. The largest absolute Gasteiger partial charge is 0.496 e. The smallest absolute Gasteiger partial charge is 0.409 e. The summed E-state index contributed by atoms with van der Waals surface area (Å²) in [6.07, 6.45) is 9.06. The number of likely N-dealkylation sites (N-methyl/N-ethyl adjacent to an activating group) is 1. The topological polar surface area (TPSA) is 146 Å². The summed E-state index contributed by atoms with van der Waals surface area (Å²) in [4.78, 5) is 32.6. The molecule has 2 N–H and O–H groups in total. The fourth-order valence-corrected chi connectivity index (χ4v) is 8.29. The Morgan fingerprint density at radius 3 is 2.47 bits per heavy atom. The fourth-order valence-electron chi connectivity index (χ4n) is 8.29. The quantitative estimate of drug-likeness (QED) is 0.0667. The van der Waals surface area contributed by atoms with Gasteiger partial charge < -0.3 is 43.6 Å². The van der Waals surface area contributed by atoms with Crippen molar-refractivity contribution in [2.75, 3.05) is 47.2 Å². The number of oxime groups is 1. The Morgan fingerprint density at radius 1 is 1.06 bits per heavy atom. The minimum Gasteiger partial charge on any atom is -0.496 e. The summed E-state index contributed by atoms with van der Waals surface area (Å²) in [6.45, 7) is 8.50. The number of fused-ring (bicyclic) bond motifs is 2. The Morgan fingerprint density at radius 2 is 1.79 bits per heavy atom. The van der Waals surface area contributed by atoms with E-state index >= 15 is 0 Å². The minimum atomic E-state index is -1.37. The molecule has 1 aliphatic heterocycles. The standard InChI is InChI=1S/C41H54N2O10/c1-6-21-50-41-37(43(4)40(47)49-7-2)25-34(42-51-8-3)32-23-27(13-9-11-19-44)31(14-10-12-20-45)38(39(32)41)33-24-30(16-18-36(33)53-41)52-29-15-17-35(48-5)28(22-29)26-46/h6,15-18,22-24,26-27,31,37-39,44-45H,1,7-14,19-21,25H2,2-5H3. The van der Waals surface area contributed by atoms with Crippen LogP contribution >= 0.6 is 0 Å². The number of aliphatic hydroxyl groups is 2. The van der Waals surface area contributed by atoms with E-state index in [1.54, 1.807) is 43.1 Å². The van der Waals surface area contributed by atoms with E-state index in [9.17, 15) is 19.8 Å². The van der Waals surface area contributed by atoms with E-state index in [0.29, 0.717) is 53.7 Å². The van der Waals surface area contributed by atoms with Crippen LogP contribution in [0.5, 0.6) is 23.0 Å². The molecule has 5 rings (SSSR count). The van der Waals surface area contributed by atoms with Crippen LogP contribution in [-0.2, 0) is 14.3 Å². The second-order valence-corrected chi connectivity index (χ2v) is 13.6. The first kappa shape index (κ1) is 39.8. The highest BCUT2D eigenvalue weighted by atomic mass is 16.7. The SMILES string of the molecule is C=CCOC12Oc3ccc(Oc4ccc(OC)c(C=O)c4)cc3C3C(CCCCO)C(CCCCO)C=C(C(=NOCC)CC1N(C)C(=O)OCC)C32. The lowest BCUT2D eigenvalue weighted by Gasteiger charge is -2.59. The number of methoxy groups -OCH3 is 1. The molecular weight excluding hydrogens is 680 g/mol. The number of carbonyl (C=O) groups is 2. The molecule has 1 amide bonds. The van der Waals surface area contributed by atoms with Crippen molar-refractivity contribution in [1.82, 2.24) is 4.90 Å². The van der Waals surface area contributed by atoms with Gasteiger partial charge in [0.05, 0.1) is 37.5 Å². The third kappa shape index (κ3) is 8.40. The molecule has 6 atom stereocenters. The molecule has 1 saturated carbocycles. The number of benzene rings is 2. The number of carbonyl (C=O) groups excluding carboxylic acids is 2. The number of aliphatic hydroxyl groups excluding tert-OH is 2. The van der Waals surface area contributed by atoms with E-state index in [4.69, 9.17) is 28.5 Å². The summed E-state index contributed by atoms with van der Waals surface area (Å²) in [5.41, 5.74) is 2.93. The van der Waals surface area contributed by atoms with Crippen molar-refractivity contribution < 1.29 is 48.3 Å². The Kier molecular flexibility index (Phi) is 14.0. The van der Waals surface area contributed by atoms with Crippen molar-refractivity contribution in [3.63, 3.8) is 0 Å². The van der Waals surface area contributed by atoms with Crippen molar-refractivity contribution in [1.29, 1.82) is 0 Å². The summed E-state index contributed by atoms with van der Waals surface area (Å²) in [5, 5.41) is 24.2. The molecule has 2 aliphatic carbocycles. The summed E-state index contributed by atoms with van der Waals surface area (Å²) >= 11 is 0. The number of aldehydes is 1. The molecule has 0 radical (unpaired) electrons. The van der Waals surface area contributed by atoms with Crippen LogP contribution in [0.2, 0.25) is 0 Å². The number of rotatable bonds is 19. The number of amides is 1. The third-order valence-electron chi connectivity index (χ3n) is 10.5. The van der Waals surface area contributed by atoms with Gasteiger partial charge in [0, 0.05) is 38.2 Å². The van der Waals surface area contributed by atoms with E-state index in [1.165, 1.54) is 7.11 Å². The summed E-state index contributed by atoms with van der Waals surface area (Å²) in [7, 11) is 3.21. The molecule has 2 aromatic carbocycles. The van der Waals surface area contributed by atoms with E-state index in [0.717, 1.165) is 43.1 Å². The highest BCUT2D eigenvalue weighted by Gasteiger charge is 2.65. The Labute approximate surface area is 312 Å². The van der Waals surface area contributed by atoms with Crippen molar-refractivity contribution >= 4 is 18.1 Å². The van der Waals surface area contributed by atoms with Crippen molar-refractivity contribution in [2.45, 2.75) is 76.5 Å². The van der Waals surface area contributed by atoms with Gasteiger partial charge in [0.15, 0.2) is 6.29 Å². The lowest BCUT2D eigenvalue weighted by atomic mass is 9.55. The van der Waals surface area contributed by atoms with Gasteiger partial charge in [-0.25, -0.2) is 4.79 Å². The van der Waals surface area contributed by atoms with Crippen LogP contribution in [0.25, 0.3) is 0 Å². The van der Waals surface area contributed by atoms with Gasteiger partial charge in [-0.3, -0.25) is 4.79 Å². The molecule has 6 unspecified atom stereocenters. The molecule has 0 saturated heterocycles. The summed E-state index contributed by atoms with van der Waals surface area (Å²) in [5.74, 6) is 0.189. The van der Waals surface area contributed by atoms with E-state index in [2.05, 4.69) is 17.8 Å². The molecule has 53 heavy (non-hydrogen) atoms. The maximum atomic E-state index is 13.5. The van der Waals surface area contributed by atoms with Crippen LogP contribution in [-0.4, -0.2) is 92.2 Å². The molecule has 0 aromatic heterocycles. The van der Waals surface area contributed by atoms with Gasteiger partial charge in [-0.2, -0.15) is 0 Å². The van der Waals surface area contributed by atoms with Crippen LogP contribution in [0, 0.1) is 17.8 Å². The van der Waals surface area contributed by atoms with E-state index in [1.807, 2.05) is 25.1 Å². The zero-order valence-corrected chi connectivity index (χ0v) is 31.3. The van der Waals surface area contributed by atoms with Gasteiger partial charge in [-0.05, 0) is 93.3 Å². The number of allylic oxidation sites excluding steroid dienone is 1.